The number of anilines is 1. The number of aromatic amines is 1. The molecule has 3 aromatic rings. The molecule has 29 heavy (non-hydrogen) atoms. The molecule has 0 saturated carbocycles. The molecule has 1 atom stereocenters. The van der Waals surface area contributed by atoms with E-state index in [1.165, 1.54) is 0 Å². The van der Waals surface area contributed by atoms with E-state index in [1.807, 2.05) is 55.8 Å². The van der Waals surface area contributed by atoms with E-state index in [0.717, 1.165) is 60.2 Å². The quantitative estimate of drug-likeness (QED) is 0.695. The number of rotatable bonds is 5. The van der Waals surface area contributed by atoms with Crippen molar-refractivity contribution in [1.82, 2.24) is 29.9 Å². The number of amides is 1. The summed E-state index contributed by atoms with van der Waals surface area (Å²) in [6, 6.07) is 9.68. The van der Waals surface area contributed by atoms with Crippen LogP contribution < -0.4 is 5.32 Å². The Balaban J connectivity index is 1.43. The highest BCUT2D eigenvalue weighted by Gasteiger charge is 2.29. The number of carbonyl (C=O) groups excluding carboxylic acids is 1. The predicted octanol–water partition coefficient (Wildman–Crippen LogP) is 2.91. The van der Waals surface area contributed by atoms with Crippen molar-refractivity contribution in [2.75, 3.05) is 11.9 Å². The van der Waals surface area contributed by atoms with Crippen LogP contribution in [0.2, 0.25) is 0 Å². The highest BCUT2D eigenvalue weighted by molar-refractivity contribution is 5.94. The topological polar surface area (TPSA) is 91.7 Å². The van der Waals surface area contributed by atoms with Crippen LogP contribution in [0.15, 0.2) is 30.3 Å². The summed E-state index contributed by atoms with van der Waals surface area (Å²) in [4.78, 5) is 19.5. The molecule has 1 fully saturated rings. The van der Waals surface area contributed by atoms with Gasteiger partial charge in [0.05, 0.1) is 24.0 Å². The van der Waals surface area contributed by atoms with E-state index in [1.54, 1.807) is 0 Å². The van der Waals surface area contributed by atoms with Crippen molar-refractivity contribution < 1.29 is 4.79 Å². The SMILES string of the molecule is Cc1cc(C)n(-c2ccc(NC(=O)[C@H]3CCCCN3Cc3n[nH]c(C)n3)cc2)n1. The van der Waals surface area contributed by atoms with Gasteiger partial charge in [-0.3, -0.25) is 14.8 Å². The van der Waals surface area contributed by atoms with E-state index < -0.39 is 0 Å². The Morgan fingerprint density at radius 2 is 2.00 bits per heavy atom. The minimum atomic E-state index is -0.168. The van der Waals surface area contributed by atoms with Gasteiger partial charge in [-0.05, 0) is 70.5 Å². The zero-order chi connectivity index (χ0) is 20.4. The summed E-state index contributed by atoms with van der Waals surface area (Å²) in [5.74, 6) is 1.55. The monoisotopic (exact) mass is 393 g/mol. The minimum absolute atomic E-state index is 0.0239. The molecule has 0 radical (unpaired) electrons. The lowest BCUT2D eigenvalue weighted by molar-refractivity contribution is -0.122. The summed E-state index contributed by atoms with van der Waals surface area (Å²) in [6.07, 6.45) is 2.99. The highest BCUT2D eigenvalue weighted by atomic mass is 16.2. The molecule has 1 aliphatic heterocycles. The van der Waals surface area contributed by atoms with Gasteiger partial charge >= 0.3 is 0 Å². The number of hydrogen-bond acceptors (Lipinski definition) is 5. The first-order valence-electron chi connectivity index (χ1n) is 10.1. The molecule has 1 aliphatic rings. The maximum atomic E-state index is 13.0. The standard InChI is InChI=1S/C21H27N7O/c1-14-12-15(2)28(26-14)18-9-7-17(8-10-18)23-21(29)19-6-4-5-11-27(19)13-20-22-16(3)24-25-20/h7-10,12,19H,4-6,11,13H2,1-3H3,(H,23,29)(H,22,24,25)/t19-/m1/s1. The van der Waals surface area contributed by atoms with Crippen LogP contribution in [0.3, 0.4) is 0 Å². The molecule has 2 N–H and O–H groups in total. The number of nitrogens with one attached hydrogen (secondary N) is 2. The normalized spacial score (nSPS) is 17.4. The summed E-state index contributed by atoms with van der Waals surface area (Å²) in [5.41, 5.74) is 3.84. The lowest BCUT2D eigenvalue weighted by Crippen LogP contribution is -2.46. The van der Waals surface area contributed by atoms with Gasteiger partial charge in [0.15, 0.2) is 5.82 Å². The maximum Gasteiger partial charge on any atom is 0.241 e. The molecule has 3 heterocycles. The second-order valence-corrected chi connectivity index (χ2v) is 7.69. The molecule has 1 saturated heterocycles. The molecular formula is C21H27N7O. The average molecular weight is 393 g/mol. The number of aromatic nitrogens is 5. The number of benzene rings is 1. The van der Waals surface area contributed by atoms with Crippen LogP contribution in [0.25, 0.3) is 5.69 Å². The summed E-state index contributed by atoms with van der Waals surface area (Å²) in [5, 5.41) is 14.7. The summed E-state index contributed by atoms with van der Waals surface area (Å²) in [7, 11) is 0. The zero-order valence-electron chi connectivity index (χ0n) is 17.1. The van der Waals surface area contributed by atoms with Crippen molar-refractivity contribution in [3.8, 4) is 5.69 Å². The Labute approximate surface area is 170 Å². The lowest BCUT2D eigenvalue weighted by Gasteiger charge is -2.33. The summed E-state index contributed by atoms with van der Waals surface area (Å²) in [6.45, 7) is 7.35. The molecule has 1 amide bonds. The Bertz CT molecular complexity index is 989. The third kappa shape index (κ3) is 4.37. The van der Waals surface area contributed by atoms with Crippen molar-refractivity contribution in [2.24, 2.45) is 0 Å². The molecular weight excluding hydrogens is 366 g/mol. The molecule has 0 unspecified atom stereocenters. The van der Waals surface area contributed by atoms with E-state index in [-0.39, 0.29) is 11.9 Å². The number of H-pyrrole nitrogens is 1. The largest absolute Gasteiger partial charge is 0.325 e. The van der Waals surface area contributed by atoms with E-state index in [0.29, 0.717) is 6.54 Å². The second kappa shape index (κ2) is 8.16. The average Bonchev–Trinajstić information content (AvgIpc) is 3.27. The van der Waals surface area contributed by atoms with E-state index in [9.17, 15) is 4.79 Å². The van der Waals surface area contributed by atoms with Gasteiger partial charge < -0.3 is 5.32 Å². The van der Waals surface area contributed by atoms with Gasteiger partial charge in [0.25, 0.3) is 0 Å². The number of aryl methyl sites for hydroxylation is 3. The van der Waals surface area contributed by atoms with Gasteiger partial charge in [0, 0.05) is 11.4 Å². The molecule has 0 bridgehead atoms. The van der Waals surface area contributed by atoms with Crippen LogP contribution in [-0.2, 0) is 11.3 Å². The van der Waals surface area contributed by atoms with Crippen molar-refractivity contribution >= 4 is 11.6 Å². The van der Waals surface area contributed by atoms with Crippen molar-refractivity contribution in [2.45, 2.75) is 52.6 Å². The first-order valence-corrected chi connectivity index (χ1v) is 10.1. The smallest absolute Gasteiger partial charge is 0.241 e. The van der Waals surface area contributed by atoms with Crippen LogP contribution in [0.1, 0.15) is 42.3 Å². The molecule has 2 aromatic heterocycles. The van der Waals surface area contributed by atoms with Gasteiger partial charge in [-0.2, -0.15) is 10.2 Å². The van der Waals surface area contributed by atoms with Crippen LogP contribution in [0, 0.1) is 20.8 Å². The summed E-state index contributed by atoms with van der Waals surface area (Å²) >= 11 is 0. The van der Waals surface area contributed by atoms with Crippen molar-refractivity contribution in [3.63, 3.8) is 0 Å². The molecule has 152 valence electrons. The Morgan fingerprint density at radius 1 is 1.21 bits per heavy atom. The third-order valence-corrected chi connectivity index (χ3v) is 5.29. The van der Waals surface area contributed by atoms with Crippen LogP contribution in [0.4, 0.5) is 5.69 Å². The third-order valence-electron chi connectivity index (χ3n) is 5.29. The fraction of sp³-hybridized carbons (Fsp3) is 0.429. The molecule has 4 rings (SSSR count). The number of likely N-dealkylation sites (tertiary alicyclic amines) is 1. The number of nitrogens with zero attached hydrogens (tertiary/aromatic N) is 5. The van der Waals surface area contributed by atoms with Gasteiger partial charge in [-0.1, -0.05) is 6.42 Å². The molecule has 1 aromatic carbocycles. The Kier molecular flexibility index (Phi) is 5.44. The highest BCUT2D eigenvalue weighted by Crippen LogP contribution is 2.21. The predicted molar refractivity (Wildman–Crippen MR) is 111 cm³/mol. The van der Waals surface area contributed by atoms with Gasteiger partial charge in [0.2, 0.25) is 5.91 Å². The fourth-order valence-electron chi connectivity index (χ4n) is 3.92. The van der Waals surface area contributed by atoms with Crippen molar-refractivity contribution in [3.05, 3.63) is 53.4 Å². The maximum absolute atomic E-state index is 13.0. The van der Waals surface area contributed by atoms with Gasteiger partial charge in [-0.15, -0.1) is 0 Å². The molecule has 0 aliphatic carbocycles. The molecule has 0 spiro atoms. The molecule has 8 nitrogen and oxygen atoms in total. The van der Waals surface area contributed by atoms with Gasteiger partial charge in [-0.25, -0.2) is 9.67 Å². The lowest BCUT2D eigenvalue weighted by atomic mass is 10.0. The van der Waals surface area contributed by atoms with Crippen LogP contribution >= 0.6 is 0 Å². The zero-order valence-corrected chi connectivity index (χ0v) is 17.1. The Hall–Kier alpha value is -3.00. The first-order chi connectivity index (χ1) is 14.0. The van der Waals surface area contributed by atoms with Crippen molar-refractivity contribution in [1.29, 1.82) is 0 Å². The second-order valence-electron chi connectivity index (χ2n) is 7.69. The fourth-order valence-corrected chi connectivity index (χ4v) is 3.92. The Morgan fingerprint density at radius 3 is 2.66 bits per heavy atom. The summed E-state index contributed by atoms with van der Waals surface area (Å²) < 4.78 is 1.91. The van der Waals surface area contributed by atoms with Gasteiger partial charge in [0.1, 0.15) is 5.82 Å². The van der Waals surface area contributed by atoms with Crippen LogP contribution in [0.5, 0.6) is 0 Å². The number of carbonyl (C=O) groups is 1. The number of hydrogen-bond donors (Lipinski definition) is 2. The van der Waals surface area contributed by atoms with E-state index >= 15 is 0 Å². The first kappa shape index (κ1) is 19.3. The minimum Gasteiger partial charge on any atom is -0.325 e. The van der Waals surface area contributed by atoms with E-state index in [2.05, 4.69) is 30.5 Å². The van der Waals surface area contributed by atoms with E-state index in [4.69, 9.17) is 0 Å². The van der Waals surface area contributed by atoms with Crippen LogP contribution in [-0.4, -0.2) is 48.4 Å². The number of piperidine rings is 1. The molecule has 8 heteroatoms.